The van der Waals surface area contributed by atoms with Crippen LogP contribution in [-0.2, 0) is 21.4 Å². The number of unbranched alkanes of at least 4 members (excludes halogenated alkanes) is 2. The van der Waals surface area contributed by atoms with Crippen LogP contribution in [0.15, 0.2) is 17.3 Å². The van der Waals surface area contributed by atoms with Crippen molar-refractivity contribution in [2.24, 2.45) is 0 Å². The van der Waals surface area contributed by atoms with Gasteiger partial charge in [0.25, 0.3) is 0 Å². The highest BCUT2D eigenvalue weighted by molar-refractivity contribution is 7.89. The maximum Gasteiger partial charge on any atom is 0.305 e. The quantitative estimate of drug-likeness (QED) is 0.509. The van der Waals surface area contributed by atoms with Crippen molar-refractivity contribution in [2.75, 3.05) is 6.54 Å². The monoisotopic (exact) mass is 299 g/mol. The van der Waals surface area contributed by atoms with Gasteiger partial charge < -0.3 is 5.11 Å². The SMILES string of the molecule is C#CCCCCNS(=O)(=O)c1cnn(CCC(=O)O)c1. The van der Waals surface area contributed by atoms with Crippen LogP contribution < -0.4 is 4.72 Å². The summed E-state index contributed by atoms with van der Waals surface area (Å²) < 4.78 is 27.5. The molecular weight excluding hydrogens is 282 g/mol. The van der Waals surface area contributed by atoms with Crippen LogP contribution in [0.3, 0.4) is 0 Å². The molecule has 1 aromatic heterocycles. The second-order valence-corrected chi connectivity index (χ2v) is 5.91. The fourth-order valence-corrected chi connectivity index (χ4v) is 2.48. The first kappa shape index (κ1) is 16.2. The Labute approximate surface area is 118 Å². The van der Waals surface area contributed by atoms with Gasteiger partial charge in [-0.3, -0.25) is 9.48 Å². The molecule has 20 heavy (non-hydrogen) atoms. The summed E-state index contributed by atoms with van der Waals surface area (Å²) in [5.41, 5.74) is 0. The minimum atomic E-state index is -3.60. The minimum Gasteiger partial charge on any atom is -0.481 e. The molecule has 0 saturated heterocycles. The number of nitrogens with one attached hydrogen (secondary N) is 1. The molecule has 0 amide bonds. The van der Waals surface area contributed by atoms with Gasteiger partial charge in [0.2, 0.25) is 10.0 Å². The number of sulfonamides is 1. The molecule has 0 aromatic carbocycles. The van der Waals surface area contributed by atoms with E-state index < -0.39 is 16.0 Å². The van der Waals surface area contributed by atoms with E-state index in [1.54, 1.807) is 0 Å². The average Bonchev–Trinajstić information content (AvgIpc) is 2.85. The summed E-state index contributed by atoms with van der Waals surface area (Å²) in [4.78, 5) is 10.4. The van der Waals surface area contributed by atoms with Gasteiger partial charge in [0.05, 0.1) is 19.2 Å². The van der Waals surface area contributed by atoms with Crippen molar-refractivity contribution in [3.8, 4) is 12.3 Å². The van der Waals surface area contributed by atoms with Gasteiger partial charge in [-0.05, 0) is 12.8 Å². The standard InChI is InChI=1S/C12H17N3O4S/c1-2-3-4-5-7-14-20(18,19)11-9-13-15(10-11)8-6-12(16)17/h1,9-10,14H,3-8H2,(H,16,17). The van der Waals surface area contributed by atoms with E-state index in [9.17, 15) is 13.2 Å². The van der Waals surface area contributed by atoms with Gasteiger partial charge >= 0.3 is 5.97 Å². The number of terminal acetylenes is 1. The van der Waals surface area contributed by atoms with Gasteiger partial charge in [-0.25, -0.2) is 13.1 Å². The second-order valence-electron chi connectivity index (χ2n) is 4.14. The van der Waals surface area contributed by atoms with Gasteiger partial charge in [0.15, 0.2) is 0 Å². The first-order valence-electron chi connectivity index (χ1n) is 6.13. The molecule has 1 heterocycles. The Kier molecular flexibility index (Phi) is 6.21. The van der Waals surface area contributed by atoms with Crippen molar-refractivity contribution in [3.63, 3.8) is 0 Å². The highest BCUT2D eigenvalue weighted by Gasteiger charge is 2.15. The molecule has 0 spiro atoms. The first-order valence-corrected chi connectivity index (χ1v) is 7.61. The molecule has 2 N–H and O–H groups in total. The summed E-state index contributed by atoms with van der Waals surface area (Å²) in [7, 11) is -3.60. The van der Waals surface area contributed by atoms with E-state index in [0.717, 1.165) is 6.42 Å². The zero-order chi connectivity index (χ0) is 15.0. The van der Waals surface area contributed by atoms with Gasteiger partial charge in [0, 0.05) is 19.2 Å². The molecule has 1 rings (SSSR count). The Bertz CT molecular complexity index is 586. The van der Waals surface area contributed by atoms with E-state index in [0.29, 0.717) is 19.4 Å². The predicted molar refractivity (Wildman–Crippen MR) is 72.4 cm³/mol. The maximum atomic E-state index is 11.9. The molecule has 0 radical (unpaired) electrons. The van der Waals surface area contributed by atoms with Crippen LogP contribution in [0.1, 0.15) is 25.7 Å². The number of aryl methyl sites for hydroxylation is 1. The predicted octanol–water partition coefficient (Wildman–Crippen LogP) is 0.440. The van der Waals surface area contributed by atoms with Crippen LogP contribution in [0.5, 0.6) is 0 Å². The number of hydrogen-bond acceptors (Lipinski definition) is 4. The largest absolute Gasteiger partial charge is 0.481 e. The molecule has 0 aliphatic carbocycles. The normalized spacial score (nSPS) is 11.2. The number of aliphatic carboxylic acids is 1. The lowest BCUT2D eigenvalue weighted by molar-refractivity contribution is -0.137. The van der Waals surface area contributed by atoms with Crippen LogP contribution in [0.4, 0.5) is 0 Å². The van der Waals surface area contributed by atoms with Gasteiger partial charge in [0.1, 0.15) is 4.90 Å². The van der Waals surface area contributed by atoms with Gasteiger partial charge in [-0.1, -0.05) is 0 Å². The molecular formula is C12H17N3O4S. The van der Waals surface area contributed by atoms with Gasteiger partial charge in [-0.15, -0.1) is 12.3 Å². The van der Waals surface area contributed by atoms with Crippen LogP contribution in [0.25, 0.3) is 0 Å². The maximum absolute atomic E-state index is 11.9. The van der Waals surface area contributed by atoms with Crippen molar-refractivity contribution in [3.05, 3.63) is 12.4 Å². The Morgan fingerprint density at radius 2 is 2.25 bits per heavy atom. The average molecular weight is 299 g/mol. The van der Waals surface area contributed by atoms with Crippen molar-refractivity contribution in [2.45, 2.75) is 37.1 Å². The number of carbonyl (C=O) groups is 1. The lowest BCUT2D eigenvalue weighted by atomic mass is 10.2. The summed E-state index contributed by atoms with van der Waals surface area (Å²) >= 11 is 0. The zero-order valence-corrected chi connectivity index (χ0v) is 11.8. The third-order valence-corrected chi connectivity index (χ3v) is 3.93. The molecule has 0 saturated carbocycles. The summed E-state index contributed by atoms with van der Waals surface area (Å²) in [5.74, 6) is 1.52. The lowest BCUT2D eigenvalue weighted by Crippen LogP contribution is -2.24. The van der Waals surface area contributed by atoms with Crippen molar-refractivity contribution in [1.29, 1.82) is 0 Å². The fraction of sp³-hybridized carbons (Fsp3) is 0.500. The molecule has 0 aliphatic heterocycles. The van der Waals surface area contributed by atoms with E-state index in [2.05, 4.69) is 15.7 Å². The summed E-state index contributed by atoms with van der Waals surface area (Å²) in [6.45, 7) is 0.442. The van der Waals surface area contributed by atoms with Crippen LogP contribution in [-0.4, -0.2) is 35.8 Å². The smallest absolute Gasteiger partial charge is 0.305 e. The van der Waals surface area contributed by atoms with E-state index in [4.69, 9.17) is 11.5 Å². The van der Waals surface area contributed by atoms with Crippen LogP contribution in [0, 0.1) is 12.3 Å². The van der Waals surface area contributed by atoms with Crippen molar-refractivity contribution >= 4 is 16.0 Å². The molecule has 1 aromatic rings. The Balaban J connectivity index is 2.51. The van der Waals surface area contributed by atoms with Crippen molar-refractivity contribution in [1.82, 2.24) is 14.5 Å². The first-order chi connectivity index (χ1) is 9.45. The zero-order valence-electron chi connectivity index (χ0n) is 10.9. The Morgan fingerprint density at radius 1 is 1.50 bits per heavy atom. The fourth-order valence-electron chi connectivity index (χ4n) is 1.46. The summed E-state index contributed by atoms with van der Waals surface area (Å²) in [6.07, 6.45) is 9.54. The molecule has 0 fully saturated rings. The van der Waals surface area contributed by atoms with E-state index in [1.165, 1.54) is 17.1 Å². The highest BCUT2D eigenvalue weighted by atomic mass is 32.2. The second kappa shape index (κ2) is 7.67. The number of rotatable bonds is 9. The summed E-state index contributed by atoms with van der Waals surface area (Å²) in [5, 5.41) is 12.4. The minimum absolute atomic E-state index is 0.0276. The Morgan fingerprint density at radius 3 is 2.90 bits per heavy atom. The highest BCUT2D eigenvalue weighted by Crippen LogP contribution is 2.07. The molecule has 7 nitrogen and oxygen atoms in total. The molecule has 8 heteroatoms. The molecule has 110 valence electrons. The van der Waals surface area contributed by atoms with Crippen LogP contribution >= 0.6 is 0 Å². The molecule has 0 atom stereocenters. The lowest BCUT2D eigenvalue weighted by Gasteiger charge is -2.03. The topological polar surface area (TPSA) is 101 Å². The van der Waals surface area contributed by atoms with E-state index in [1.807, 2.05) is 0 Å². The molecule has 0 aliphatic rings. The number of carboxylic acids is 1. The Hall–Kier alpha value is -1.85. The van der Waals surface area contributed by atoms with E-state index in [-0.39, 0.29) is 17.9 Å². The number of aromatic nitrogens is 2. The number of hydrogen-bond donors (Lipinski definition) is 2. The third-order valence-electron chi connectivity index (χ3n) is 2.51. The van der Waals surface area contributed by atoms with Gasteiger partial charge in [-0.2, -0.15) is 5.10 Å². The third kappa shape index (κ3) is 5.42. The van der Waals surface area contributed by atoms with Crippen molar-refractivity contribution < 1.29 is 18.3 Å². The molecule has 0 unspecified atom stereocenters. The summed E-state index contributed by atoms with van der Waals surface area (Å²) in [6, 6.07) is 0. The van der Waals surface area contributed by atoms with Crippen LogP contribution in [0.2, 0.25) is 0 Å². The number of nitrogens with zero attached hydrogens (tertiary/aromatic N) is 2. The molecule has 0 bridgehead atoms. The van der Waals surface area contributed by atoms with E-state index >= 15 is 0 Å². The number of carboxylic acid groups (broad SMARTS) is 1.